The highest BCUT2D eigenvalue weighted by atomic mass is 32.2. The number of sulfonamides is 1. The maximum absolute atomic E-state index is 12.3. The number of aromatic nitrogens is 3. The lowest BCUT2D eigenvalue weighted by molar-refractivity contribution is 0.582. The molecule has 0 radical (unpaired) electrons. The Bertz CT molecular complexity index is 718. The predicted octanol–water partition coefficient (Wildman–Crippen LogP) is 1.37. The Kier molecular flexibility index (Phi) is 3.96. The molecule has 0 spiro atoms. The molecule has 2 aromatic rings. The molecule has 0 bridgehead atoms. The van der Waals surface area contributed by atoms with Crippen LogP contribution in [0.5, 0.6) is 0 Å². The van der Waals surface area contributed by atoms with E-state index in [0.717, 1.165) is 25.0 Å². The van der Waals surface area contributed by atoms with Crippen LogP contribution in [0.3, 0.4) is 0 Å². The van der Waals surface area contributed by atoms with Crippen molar-refractivity contribution >= 4 is 26.5 Å². The van der Waals surface area contributed by atoms with Crippen LogP contribution in [0.2, 0.25) is 0 Å². The molecule has 1 aliphatic rings. The molecule has 114 valence electrons. The number of nitrogens with zero attached hydrogens (tertiary/aromatic N) is 3. The summed E-state index contributed by atoms with van der Waals surface area (Å²) in [5.74, 6) is 0.513. The van der Waals surface area contributed by atoms with Crippen LogP contribution in [0.25, 0.3) is 0 Å². The van der Waals surface area contributed by atoms with Gasteiger partial charge in [-0.2, -0.15) is 5.10 Å². The van der Waals surface area contributed by atoms with E-state index in [4.69, 9.17) is 5.73 Å². The van der Waals surface area contributed by atoms with Crippen molar-refractivity contribution in [1.29, 1.82) is 0 Å². The topological polar surface area (TPSA) is 103 Å². The standard InChI is InChI=1S/C12H17N5O2S2/c13-4-1-5-17-7-10(6-14-17)21(18,19)16-12-15-11(8-20-12)9-2-3-9/h6-9H,1-5,13H2,(H,15,16). The van der Waals surface area contributed by atoms with E-state index >= 15 is 0 Å². The van der Waals surface area contributed by atoms with Gasteiger partial charge in [-0.1, -0.05) is 0 Å². The van der Waals surface area contributed by atoms with E-state index in [0.29, 0.717) is 24.1 Å². The average Bonchev–Trinajstić information content (AvgIpc) is 3.00. The summed E-state index contributed by atoms with van der Waals surface area (Å²) in [7, 11) is -3.63. The quantitative estimate of drug-likeness (QED) is 0.799. The van der Waals surface area contributed by atoms with E-state index in [1.54, 1.807) is 4.68 Å². The Morgan fingerprint density at radius 2 is 2.29 bits per heavy atom. The van der Waals surface area contributed by atoms with E-state index < -0.39 is 10.0 Å². The Morgan fingerprint density at radius 1 is 1.48 bits per heavy atom. The smallest absolute Gasteiger partial charge is 0.266 e. The van der Waals surface area contributed by atoms with Gasteiger partial charge >= 0.3 is 0 Å². The fourth-order valence-corrected chi connectivity index (χ4v) is 3.93. The first kappa shape index (κ1) is 14.5. The van der Waals surface area contributed by atoms with Crippen LogP contribution >= 0.6 is 11.3 Å². The minimum atomic E-state index is -3.63. The van der Waals surface area contributed by atoms with Gasteiger partial charge in [0.15, 0.2) is 5.13 Å². The van der Waals surface area contributed by atoms with Crippen molar-refractivity contribution in [3.63, 3.8) is 0 Å². The van der Waals surface area contributed by atoms with E-state index in [1.807, 2.05) is 5.38 Å². The molecule has 2 heterocycles. The first-order valence-electron chi connectivity index (χ1n) is 6.79. The van der Waals surface area contributed by atoms with Crippen molar-refractivity contribution in [1.82, 2.24) is 14.8 Å². The Morgan fingerprint density at radius 3 is 3.00 bits per heavy atom. The highest BCUT2D eigenvalue weighted by Crippen LogP contribution is 2.41. The molecular formula is C12H17N5O2S2. The van der Waals surface area contributed by atoms with E-state index in [9.17, 15) is 8.42 Å². The van der Waals surface area contributed by atoms with E-state index in [1.165, 1.54) is 23.7 Å². The Hall–Kier alpha value is -1.45. The number of hydrogen-bond donors (Lipinski definition) is 2. The van der Waals surface area contributed by atoms with Crippen LogP contribution in [0.1, 0.15) is 30.9 Å². The third kappa shape index (κ3) is 3.42. The van der Waals surface area contributed by atoms with Crippen LogP contribution in [-0.4, -0.2) is 29.7 Å². The summed E-state index contributed by atoms with van der Waals surface area (Å²) in [4.78, 5) is 4.47. The van der Waals surface area contributed by atoms with E-state index in [-0.39, 0.29) is 4.90 Å². The molecule has 1 saturated carbocycles. The number of hydrogen-bond acceptors (Lipinski definition) is 6. The molecule has 2 aromatic heterocycles. The molecule has 0 amide bonds. The third-order valence-corrected chi connectivity index (χ3v) is 5.45. The molecule has 0 aliphatic heterocycles. The van der Waals surface area contributed by atoms with Gasteiger partial charge in [0, 0.05) is 24.0 Å². The second kappa shape index (κ2) is 5.74. The molecule has 0 aromatic carbocycles. The van der Waals surface area contributed by atoms with Gasteiger partial charge < -0.3 is 5.73 Å². The van der Waals surface area contributed by atoms with Crippen molar-refractivity contribution in [3.05, 3.63) is 23.5 Å². The van der Waals surface area contributed by atoms with Gasteiger partial charge in [0.1, 0.15) is 4.90 Å². The molecule has 3 rings (SSSR count). The molecule has 21 heavy (non-hydrogen) atoms. The van der Waals surface area contributed by atoms with Gasteiger partial charge in [-0.25, -0.2) is 13.4 Å². The summed E-state index contributed by atoms with van der Waals surface area (Å²) in [5.41, 5.74) is 6.41. The molecule has 7 nitrogen and oxygen atoms in total. The zero-order chi connectivity index (χ0) is 14.9. The van der Waals surface area contributed by atoms with E-state index in [2.05, 4.69) is 14.8 Å². The minimum absolute atomic E-state index is 0.141. The molecule has 3 N–H and O–H groups in total. The summed E-state index contributed by atoms with van der Waals surface area (Å²) in [6, 6.07) is 0. The van der Waals surface area contributed by atoms with Crippen molar-refractivity contribution in [2.75, 3.05) is 11.3 Å². The minimum Gasteiger partial charge on any atom is -0.330 e. The molecule has 9 heteroatoms. The van der Waals surface area contributed by atoms with Crippen molar-refractivity contribution in [3.8, 4) is 0 Å². The molecule has 0 atom stereocenters. The molecule has 1 aliphatic carbocycles. The van der Waals surface area contributed by atoms with Gasteiger partial charge in [-0.15, -0.1) is 11.3 Å². The van der Waals surface area contributed by atoms with Gasteiger partial charge in [0.2, 0.25) is 0 Å². The van der Waals surface area contributed by atoms with Gasteiger partial charge in [0.25, 0.3) is 10.0 Å². The lowest BCUT2D eigenvalue weighted by Crippen LogP contribution is -2.12. The summed E-state index contributed by atoms with van der Waals surface area (Å²) < 4.78 is 28.6. The van der Waals surface area contributed by atoms with Gasteiger partial charge in [-0.3, -0.25) is 9.40 Å². The van der Waals surface area contributed by atoms with Crippen molar-refractivity contribution < 1.29 is 8.42 Å². The zero-order valence-electron chi connectivity index (χ0n) is 11.4. The summed E-state index contributed by atoms with van der Waals surface area (Å²) in [5, 5.41) is 6.36. The summed E-state index contributed by atoms with van der Waals surface area (Å²) in [6.45, 7) is 1.15. The van der Waals surface area contributed by atoms with Crippen LogP contribution < -0.4 is 10.5 Å². The second-order valence-corrected chi connectivity index (χ2v) is 7.58. The molecule has 0 unspecified atom stereocenters. The number of anilines is 1. The summed E-state index contributed by atoms with van der Waals surface area (Å²) >= 11 is 1.31. The average molecular weight is 327 g/mol. The van der Waals surface area contributed by atoms with Crippen molar-refractivity contribution in [2.45, 2.75) is 36.6 Å². The zero-order valence-corrected chi connectivity index (χ0v) is 13.0. The number of nitrogens with two attached hydrogens (primary N) is 1. The van der Waals surface area contributed by atoms with Crippen LogP contribution in [-0.2, 0) is 16.6 Å². The Balaban J connectivity index is 1.71. The predicted molar refractivity (Wildman–Crippen MR) is 80.8 cm³/mol. The SMILES string of the molecule is NCCCn1cc(S(=O)(=O)Nc2nc(C3CC3)cs2)cn1. The first-order valence-corrected chi connectivity index (χ1v) is 9.15. The number of nitrogens with one attached hydrogen (secondary N) is 1. The largest absolute Gasteiger partial charge is 0.330 e. The third-order valence-electron chi connectivity index (χ3n) is 3.25. The molecular weight excluding hydrogens is 310 g/mol. The van der Waals surface area contributed by atoms with Crippen LogP contribution in [0.4, 0.5) is 5.13 Å². The lowest BCUT2D eigenvalue weighted by atomic mass is 10.3. The van der Waals surface area contributed by atoms with Crippen LogP contribution in [0.15, 0.2) is 22.7 Å². The fourth-order valence-electron chi connectivity index (χ4n) is 1.93. The highest BCUT2D eigenvalue weighted by Gasteiger charge is 2.27. The monoisotopic (exact) mass is 327 g/mol. The summed E-state index contributed by atoms with van der Waals surface area (Å²) in [6.07, 6.45) is 5.89. The molecule has 1 fully saturated rings. The first-order chi connectivity index (χ1) is 10.1. The second-order valence-electron chi connectivity index (χ2n) is 5.04. The highest BCUT2D eigenvalue weighted by molar-refractivity contribution is 7.93. The van der Waals surface area contributed by atoms with Crippen molar-refractivity contribution in [2.24, 2.45) is 5.73 Å². The number of rotatable bonds is 7. The molecule has 0 saturated heterocycles. The maximum atomic E-state index is 12.3. The lowest BCUT2D eigenvalue weighted by Gasteiger charge is -2.02. The number of aryl methyl sites for hydroxylation is 1. The normalized spacial score (nSPS) is 15.3. The van der Waals surface area contributed by atoms with Crippen LogP contribution in [0, 0.1) is 0 Å². The van der Waals surface area contributed by atoms with Gasteiger partial charge in [-0.05, 0) is 25.8 Å². The maximum Gasteiger partial charge on any atom is 0.266 e. The Labute approximate surface area is 127 Å². The fraction of sp³-hybridized carbons (Fsp3) is 0.500. The number of thiazole rings is 1. The van der Waals surface area contributed by atoms with Gasteiger partial charge in [0.05, 0.1) is 11.9 Å².